The number of methoxy groups -OCH3 is 1. The van der Waals surface area contributed by atoms with Crippen molar-refractivity contribution >= 4 is 17.7 Å². The molecule has 2 aromatic rings. The van der Waals surface area contributed by atoms with Crippen LogP contribution in [0.5, 0.6) is 5.75 Å². The molecule has 1 heterocycles. The van der Waals surface area contributed by atoms with Gasteiger partial charge in [0.05, 0.1) is 7.11 Å². The summed E-state index contributed by atoms with van der Waals surface area (Å²) in [5.41, 5.74) is 2.66. The van der Waals surface area contributed by atoms with E-state index >= 15 is 0 Å². The Morgan fingerprint density at radius 1 is 1.05 bits per heavy atom. The third-order valence-corrected chi connectivity index (χ3v) is 7.02. The van der Waals surface area contributed by atoms with Gasteiger partial charge >= 0.3 is 6.09 Å². The second-order valence-corrected chi connectivity index (χ2v) is 11.5. The van der Waals surface area contributed by atoms with E-state index < -0.39 is 11.4 Å². The maximum atomic E-state index is 14.1. The normalized spacial score (nSPS) is 16.4. The largest absolute Gasteiger partial charge is 0.494 e. The molecular formula is C30H41FN4O4. The van der Waals surface area contributed by atoms with Gasteiger partial charge in [0.15, 0.2) is 11.6 Å². The van der Waals surface area contributed by atoms with Crippen LogP contribution in [0.15, 0.2) is 36.4 Å². The number of rotatable bonds is 10. The maximum Gasteiger partial charge on any atom is 0.407 e. The SMILES string of the molecule is COc1ccc(CNc2ccc(CN3CCC(NC(=O)OC(C)(C)C)CC3)c(C(=O)NCC3CC3)c2)cc1F. The summed E-state index contributed by atoms with van der Waals surface area (Å²) in [5.74, 6) is 0.317. The molecule has 212 valence electrons. The van der Waals surface area contributed by atoms with E-state index in [0.717, 1.165) is 42.7 Å². The van der Waals surface area contributed by atoms with Crippen LogP contribution < -0.4 is 20.7 Å². The van der Waals surface area contributed by atoms with Crippen molar-refractivity contribution in [1.29, 1.82) is 0 Å². The van der Waals surface area contributed by atoms with Gasteiger partial charge < -0.3 is 25.4 Å². The van der Waals surface area contributed by atoms with Gasteiger partial charge in [-0.1, -0.05) is 12.1 Å². The fourth-order valence-corrected chi connectivity index (χ4v) is 4.66. The number of amides is 2. The molecule has 0 spiro atoms. The number of carbonyl (C=O) groups excluding carboxylic acids is 2. The summed E-state index contributed by atoms with van der Waals surface area (Å²) in [6, 6.07) is 10.8. The quantitative estimate of drug-likeness (QED) is 0.390. The smallest absolute Gasteiger partial charge is 0.407 e. The Hall–Kier alpha value is -3.33. The molecule has 0 radical (unpaired) electrons. The van der Waals surface area contributed by atoms with E-state index in [9.17, 15) is 14.0 Å². The number of anilines is 1. The first kappa shape index (κ1) is 28.7. The van der Waals surface area contributed by atoms with Crippen LogP contribution in [0.25, 0.3) is 0 Å². The van der Waals surface area contributed by atoms with E-state index in [-0.39, 0.29) is 23.8 Å². The Morgan fingerprint density at radius 3 is 2.44 bits per heavy atom. The number of nitrogens with zero attached hydrogens (tertiary/aromatic N) is 1. The molecule has 3 N–H and O–H groups in total. The van der Waals surface area contributed by atoms with Crippen LogP contribution in [-0.2, 0) is 17.8 Å². The number of hydrogen-bond donors (Lipinski definition) is 3. The summed E-state index contributed by atoms with van der Waals surface area (Å²) in [7, 11) is 1.44. The molecule has 1 saturated carbocycles. The van der Waals surface area contributed by atoms with Gasteiger partial charge in [-0.15, -0.1) is 0 Å². The van der Waals surface area contributed by atoms with E-state index in [1.165, 1.54) is 26.0 Å². The number of halogens is 1. The lowest BCUT2D eigenvalue weighted by Gasteiger charge is -2.33. The number of carbonyl (C=O) groups is 2. The number of ether oxygens (including phenoxy) is 2. The average Bonchev–Trinajstić information content (AvgIpc) is 3.71. The van der Waals surface area contributed by atoms with Crippen molar-refractivity contribution in [3.05, 3.63) is 58.9 Å². The molecule has 39 heavy (non-hydrogen) atoms. The van der Waals surface area contributed by atoms with Crippen molar-refractivity contribution in [3.8, 4) is 5.75 Å². The van der Waals surface area contributed by atoms with Gasteiger partial charge in [0.2, 0.25) is 0 Å². The fraction of sp³-hybridized carbons (Fsp3) is 0.533. The summed E-state index contributed by atoms with van der Waals surface area (Å²) >= 11 is 0. The Balaban J connectivity index is 1.38. The molecule has 0 atom stereocenters. The second-order valence-electron chi connectivity index (χ2n) is 11.5. The van der Waals surface area contributed by atoms with E-state index in [2.05, 4.69) is 20.9 Å². The zero-order chi connectivity index (χ0) is 28.0. The number of nitrogens with one attached hydrogen (secondary N) is 3. The summed E-state index contributed by atoms with van der Waals surface area (Å²) in [5, 5.41) is 9.39. The minimum absolute atomic E-state index is 0.0717. The lowest BCUT2D eigenvalue weighted by atomic mass is 10.0. The summed E-state index contributed by atoms with van der Waals surface area (Å²) in [6.45, 7) is 8.95. The van der Waals surface area contributed by atoms with Crippen molar-refractivity contribution in [2.75, 3.05) is 32.1 Å². The second kappa shape index (κ2) is 12.7. The third kappa shape index (κ3) is 8.85. The summed E-state index contributed by atoms with van der Waals surface area (Å²) in [6.07, 6.45) is 3.59. The van der Waals surface area contributed by atoms with Gasteiger partial charge in [-0.25, -0.2) is 9.18 Å². The minimum Gasteiger partial charge on any atom is -0.494 e. The Morgan fingerprint density at radius 2 is 1.79 bits per heavy atom. The van der Waals surface area contributed by atoms with Crippen LogP contribution in [0, 0.1) is 11.7 Å². The summed E-state index contributed by atoms with van der Waals surface area (Å²) in [4.78, 5) is 27.6. The minimum atomic E-state index is -0.521. The van der Waals surface area contributed by atoms with Crippen molar-refractivity contribution < 1.29 is 23.5 Å². The standard InChI is InChI=1S/C30H41FN4O4/c1-30(2,3)39-29(37)34-23-11-13-35(14-12-23)19-22-8-9-24(16-25(22)28(36)33-17-20-5-6-20)32-18-21-7-10-27(38-4)26(31)15-21/h7-10,15-16,20,23,32H,5-6,11-14,17-19H2,1-4H3,(H,33,36)(H,34,37). The van der Waals surface area contributed by atoms with Gasteiger partial charge in [0.25, 0.3) is 5.91 Å². The van der Waals surface area contributed by atoms with E-state index in [1.54, 1.807) is 6.07 Å². The van der Waals surface area contributed by atoms with Gasteiger partial charge in [-0.05, 0) is 87.8 Å². The molecule has 2 aliphatic rings. The van der Waals surface area contributed by atoms with Crippen molar-refractivity contribution in [1.82, 2.24) is 15.5 Å². The van der Waals surface area contributed by atoms with Crippen molar-refractivity contribution in [2.45, 2.75) is 71.2 Å². The molecule has 4 rings (SSSR count). The summed E-state index contributed by atoms with van der Waals surface area (Å²) < 4.78 is 24.5. The molecular weight excluding hydrogens is 499 g/mol. The van der Waals surface area contributed by atoms with Gasteiger partial charge in [0, 0.05) is 50.0 Å². The first-order valence-electron chi connectivity index (χ1n) is 13.8. The molecule has 1 aliphatic carbocycles. The van der Waals surface area contributed by atoms with Gasteiger partial charge in [0.1, 0.15) is 5.60 Å². The Labute approximate surface area is 230 Å². The van der Waals surface area contributed by atoms with Crippen LogP contribution in [0.1, 0.15) is 67.9 Å². The number of alkyl carbamates (subject to hydrolysis) is 1. The maximum absolute atomic E-state index is 14.1. The highest BCUT2D eigenvalue weighted by Gasteiger charge is 2.26. The lowest BCUT2D eigenvalue weighted by Crippen LogP contribution is -2.46. The fourth-order valence-electron chi connectivity index (χ4n) is 4.66. The number of benzene rings is 2. The zero-order valence-corrected chi connectivity index (χ0v) is 23.4. The molecule has 1 saturated heterocycles. The van der Waals surface area contributed by atoms with E-state index in [1.807, 2.05) is 45.0 Å². The predicted molar refractivity (Wildman–Crippen MR) is 149 cm³/mol. The topological polar surface area (TPSA) is 91.9 Å². The van der Waals surface area contributed by atoms with Crippen LogP contribution in [0.4, 0.5) is 14.9 Å². The Kier molecular flexibility index (Phi) is 9.32. The lowest BCUT2D eigenvalue weighted by molar-refractivity contribution is 0.0477. The van der Waals surface area contributed by atoms with E-state index in [0.29, 0.717) is 31.1 Å². The molecule has 0 aromatic heterocycles. The highest BCUT2D eigenvalue weighted by molar-refractivity contribution is 5.96. The van der Waals surface area contributed by atoms with Crippen LogP contribution in [0.2, 0.25) is 0 Å². The highest BCUT2D eigenvalue weighted by Crippen LogP contribution is 2.28. The highest BCUT2D eigenvalue weighted by atomic mass is 19.1. The predicted octanol–water partition coefficient (Wildman–Crippen LogP) is 5.08. The van der Waals surface area contributed by atoms with Crippen molar-refractivity contribution in [3.63, 3.8) is 0 Å². The molecule has 2 aromatic carbocycles. The first-order valence-corrected chi connectivity index (χ1v) is 13.8. The zero-order valence-electron chi connectivity index (χ0n) is 23.4. The Bertz CT molecular complexity index is 1150. The van der Waals surface area contributed by atoms with Crippen LogP contribution in [0.3, 0.4) is 0 Å². The molecule has 2 fully saturated rings. The van der Waals surface area contributed by atoms with Gasteiger partial charge in [-0.3, -0.25) is 9.69 Å². The molecule has 9 heteroatoms. The molecule has 0 bridgehead atoms. The number of hydrogen-bond acceptors (Lipinski definition) is 6. The van der Waals surface area contributed by atoms with Gasteiger partial charge in [-0.2, -0.15) is 0 Å². The van der Waals surface area contributed by atoms with Crippen LogP contribution in [-0.4, -0.2) is 55.3 Å². The molecule has 8 nitrogen and oxygen atoms in total. The molecule has 1 aliphatic heterocycles. The monoisotopic (exact) mass is 540 g/mol. The average molecular weight is 541 g/mol. The van der Waals surface area contributed by atoms with Crippen molar-refractivity contribution in [2.24, 2.45) is 5.92 Å². The van der Waals surface area contributed by atoms with E-state index in [4.69, 9.17) is 9.47 Å². The first-order chi connectivity index (χ1) is 18.6. The third-order valence-electron chi connectivity index (χ3n) is 7.02. The number of piperidine rings is 1. The molecule has 0 unspecified atom stereocenters. The molecule has 2 amide bonds. The number of likely N-dealkylation sites (tertiary alicyclic amines) is 1. The van der Waals surface area contributed by atoms with Crippen LogP contribution >= 0.6 is 0 Å².